The molecule has 13 heavy (non-hydrogen) atoms. The third-order valence-corrected chi connectivity index (χ3v) is 3.31. The molecule has 6 heteroatoms. The first kappa shape index (κ1) is 10.6. The molecule has 1 atom stereocenters. The highest BCUT2D eigenvalue weighted by molar-refractivity contribution is 8.46. The molecule has 0 fully saturated rings. The molecule has 0 saturated carbocycles. The zero-order valence-corrected chi connectivity index (χ0v) is 7.63. The van der Waals surface area contributed by atoms with Crippen molar-refractivity contribution in [3.63, 3.8) is 0 Å². The zero-order valence-electron chi connectivity index (χ0n) is 6.81. The minimum absolute atomic E-state index is 0.539. The van der Waals surface area contributed by atoms with Crippen LogP contribution in [0.3, 0.4) is 0 Å². The van der Waals surface area contributed by atoms with E-state index < -0.39 is 21.9 Å². The second-order valence-electron chi connectivity index (χ2n) is 3.11. The standard InChI is InChI=1S/C7H9F5S/c1-6-2-4-7(5-3-6)13(8,9,10,11)12/h2-4,7H,5H2,1H3. The van der Waals surface area contributed by atoms with Crippen LogP contribution in [0.25, 0.3) is 0 Å². The molecule has 1 aliphatic carbocycles. The van der Waals surface area contributed by atoms with E-state index in [4.69, 9.17) is 0 Å². The quantitative estimate of drug-likeness (QED) is 0.568. The molecule has 0 spiro atoms. The SMILES string of the molecule is CC1=CCC(S(F)(F)(F)(F)F)C=C1. The number of allylic oxidation sites excluding steroid dienone is 3. The molecule has 0 bridgehead atoms. The smallest absolute Gasteiger partial charge is 0.0972 e. The maximum atomic E-state index is 12.1. The van der Waals surface area contributed by atoms with Gasteiger partial charge in [-0.3, -0.25) is 0 Å². The highest BCUT2D eigenvalue weighted by Crippen LogP contribution is 3.00. The average molecular weight is 220 g/mol. The summed E-state index contributed by atoms with van der Waals surface area (Å²) < 4.78 is 60.7. The lowest BCUT2D eigenvalue weighted by molar-refractivity contribution is 0.351. The Morgan fingerprint density at radius 3 is 2.08 bits per heavy atom. The topological polar surface area (TPSA) is 0 Å². The van der Waals surface area contributed by atoms with Crippen LogP contribution < -0.4 is 0 Å². The largest absolute Gasteiger partial charge is 0.291 e. The summed E-state index contributed by atoms with van der Waals surface area (Å²) in [5.74, 6) is 0. The Morgan fingerprint density at radius 2 is 1.77 bits per heavy atom. The molecule has 0 aromatic heterocycles. The monoisotopic (exact) mass is 220 g/mol. The Labute approximate surface area is 72.8 Å². The minimum Gasteiger partial charge on any atom is -0.0972 e. The van der Waals surface area contributed by atoms with Crippen molar-refractivity contribution in [3.8, 4) is 0 Å². The van der Waals surface area contributed by atoms with Gasteiger partial charge in [-0.2, -0.15) is 0 Å². The fourth-order valence-electron chi connectivity index (χ4n) is 1.04. The molecule has 78 valence electrons. The molecule has 0 saturated heterocycles. The normalized spacial score (nSPS) is 29.1. The minimum atomic E-state index is -9.31. The van der Waals surface area contributed by atoms with Crippen LogP contribution in [-0.4, -0.2) is 5.25 Å². The Hall–Kier alpha value is -0.520. The summed E-state index contributed by atoms with van der Waals surface area (Å²) in [5.41, 5.74) is 0.582. The van der Waals surface area contributed by atoms with Crippen LogP contribution in [-0.2, 0) is 0 Å². The molecule has 0 amide bonds. The molecule has 0 nitrogen and oxygen atoms in total. The first-order chi connectivity index (χ1) is 5.49. The van der Waals surface area contributed by atoms with Gasteiger partial charge in [-0.25, -0.2) is 0 Å². The zero-order chi connectivity index (χ0) is 10.4. The van der Waals surface area contributed by atoms with E-state index in [0.29, 0.717) is 11.6 Å². The van der Waals surface area contributed by atoms with Gasteiger partial charge in [0.1, 0.15) is 5.25 Å². The van der Waals surface area contributed by atoms with E-state index in [1.807, 2.05) is 0 Å². The lowest BCUT2D eigenvalue weighted by Gasteiger charge is -2.46. The Morgan fingerprint density at radius 1 is 1.23 bits per heavy atom. The van der Waals surface area contributed by atoms with Crippen LogP contribution in [0, 0.1) is 0 Å². The van der Waals surface area contributed by atoms with E-state index in [9.17, 15) is 19.4 Å². The van der Waals surface area contributed by atoms with Crippen LogP contribution in [0.15, 0.2) is 23.8 Å². The summed E-state index contributed by atoms with van der Waals surface area (Å²) in [6, 6.07) is 0. The van der Waals surface area contributed by atoms with Crippen LogP contribution in [0.2, 0.25) is 0 Å². The van der Waals surface area contributed by atoms with Crippen molar-refractivity contribution < 1.29 is 19.4 Å². The summed E-state index contributed by atoms with van der Waals surface area (Å²) >= 11 is 0. The van der Waals surface area contributed by atoms with Crippen LogP contribution in [0.4, 0.5) is 19.4 Å². The fraction of sp³-hybridized carbons (Fsp3) is 0.429. The fourth-order valence-corrected chi connectivity index (χ4v) is 1.87. The number of hydrogen-bond donors (Lipinski definition) is 0. The molecule has 1 unspecified atom stereocenters. The summed E-state index contributed by atoms with van der Waals surface area (Å²) in [6.45, 7) is 1.57. The van der Waals surface area contributed by atoms with Crippen molar-refractivity contribution in [3.05, 3.63) is 23.8 Å². The van der Waals surface area contributed by atoms with Crippen molar-refractivity contribution in [2.75, 3.05) is 0 Å². The Kier molecular flexibility index (Phi) is 1.71. The summed E-state index contributed by atoms with van der Waals surface area (Å²) in [7, 11) is -9.31. The molecule has 0 aliphatic heterocycles. The molecule has 0 aromatic rings. The molecule has 0 radical (unpaired) electrons. The van der Waals surface area contributed by atoms with Gasteiger partial charge in [0.2, 0.25) is 0 Å². The lowest BCUT2D eigenvalue weighted by Crippen LogP contribution is -2.23. The van der Waals surface area contributed by atoms with Gasteiger partial charge < -0.3 is 0 Å². The van der Waals surface area contributed by atoms with Crippen molar-refractivity contribution in [2.45, 2.75) is 18.6 Å². The van der Waals surface area contributed by atoms with Crippen molar-refractivity contribution in [1.82, 2.24) is 0 Å². The van der Waals surface area contributed by atoms with Crippen LogP contribution in [0.1, 0.15) is 13.3 Å². The number of halogens is 5. The Bertz CT molecular complexity index is 282. The highest BCUT2D eigenvalue weighted by Gasteiger charge is 2.68. The average Bonchev–Trinajstić information content (AvgIpc) is 1.82. The third kappa shape index (κ3) is 2.72. The van der Waals surface area contributed by atoms with Gasteiger partial charge in [-0.05, 0) is 13.3 Å². The summed E-state index contributed by atoms with van der Waals surface area (Å²) in [5, 5.41) is -2.59. The number of rotatable bonds is 1. The van der Waals surface area contributed by atoms with Gasteiger partial charge >= 0.3 is 0 Å². The Balaban J connectivity index is 2.98. The predicted molar refractivity (Wildman–Crippen MR) is 44.4 cm³/mol. The van der Waals surface area contributed by atoms with E-state index in [1.165, 1.54) is 6.08 Å². The van der Waals surface area contributed by atoms with Gasteiger partial charge in [0.15, 0.2) is 0 Å². The number of hydrogen-bond acceptors (Lipinski definition) is 0. The van der Waals surface area contributed by atoms with E-state index in [2.05, 4.69) is 0 Å². The maximum Gasteiger partial charge on any atom is 0.291 e. The molecule has 0 aromatic carbocycles. The van der Waals surface area contributed by atoms with Crippen molar-refractivity contribution >= 4 is 10.2 Å². The molecule has 1 rings (SSSR count). The first-order valence-electron chi connectivity index (χ1n) is 3.57. The molecule has 0 N–H and O–H groups in total. The summed E-state index contributed by atoms with van der Waals surface area (Å²) in [6.07, 6.45) is 2.13. The van der Waals surface area contributed by atoms with Gasteiger partial charge in [0.05, 0.1) is 0 Å². The van der Waals surface area contributed by atoms with E-state index in [0.717, 1.165) is 6.08 Å². The first-order valence-corrected chi connectivity index (χ1v) is 5.58. The van der Waals surface area contributed by atoms with E-state index in [-0.39, 0.29) is 0 Å². The lowest BCUT2D eigenvalue weighted by atomic mass is 10.1. The third-order valence-electron chi connectivity index (χ3n) is 1.82. The molecular formula is C7H9F5S. The molecular weight excluding hydrogens is 211 g/mol. The molecule has 1 aliphatic rings. The van der Waals surface area contributed by atoms with Gasteiger partial charge in [0.25, 0.3) is 10.2 Å². The second kappa shape index (κ2) is 2.10. The van der Waals surface area contributed by atoms with E-state index >= 15 is 0 Å². The van der Waals surface area contributed by atoms with Crippen molar-refractivity contribution in [1.29, 1.82) is 0 Å². The van der Waals surface area contributed by atoms with Crippen LogP contribution in [0.5, 0.6) is 0 Å². The second-order valence-corrected chi connectivity index (χ2v) is 5.77. The van der Waals surface area contributed by atoms with Gasteiger partial charge in [-0.1, -0.05) is 43.2 Å². The summed E-state index contributed by atoms with van der Waals surface area (Å²) in [4.78, 5) is 0. The molecule has 0 heterocycles. The highest BCUT2D eigenvalue weighted by atomic mass is 32.5. The van der Waals surface area contributed by atoms with E-state index in [1.54, 1.807) is 6.92 Å². The predicted octanol–water partition coefficient (Wildman–Crippen LogP) is 4.56. The van der Waals surface area contributed by atoms with Crippen molar-refractivity contribution in [2.24, 2.45) is 0 Å². The van der Waals surface area contributed by atoms with Gasteiger partial charge in [-0.15, -0.1) is 0 Å². The maximum absolute atomic E-state index is 12.1. The van der Waals surface area contributed by atoms with Crippen LogP contribution >= 0.6 is 10.2 Å². The van der Waals surface area contributed by atoms with Gasteiger partial charge in [0, 0.05) is 0 Å².